The number of rotatable bonds is 39. The summed E-state index contributed by atoms with van der Waals surface area (Å²) in [5.74, 6) is -0.356. The van der Waals surface area contributed by atoms with Crippen LogP contribution in [-0.2, 0) is 27.9 Å². The van der Waals surface area contributed by atoms with Gasteiger partial charge in [0.1, 0.15) is 19.3 Å². The molecule has 0 heterocycles. The molecule has 0 amide bonds. The van der Waals surface area contributed by atoms with Crippen molar-refractivity contribution in [2.45, 2.75) is 161 Å². The Bertz CT molecular complexity index is 1110. The van der Waals surface area contributed by atoms with Crippen LogP contribution in [0.2, 0.25) is 0 Å². The minimum atomic E-state index is -4.53. The number of likely N-dealkylation sites (N-methyl/N-ethyl adjacent to an activating group) is 1. The van der Waals surface area contributed by atoms with E-state index in [0.29, 0.717) is 24.1 Å². The van der Waals surface area contributed by atoms with E-state index in [-0.39, 0.29) is 25.8 Å². The van der Waals surface area contributed by atoms with E-state index in [4.69, 9.17) is 18.5 Å². The lowest BCUT2D eigenvalue weighted by Gasteiger charge is -2.28. The lowest BCUT2D eigenvalue weighted by atomic mass is 10.1. The molecule has 318 valence electrons. The van der Waals surface area contributed by atoms with Gasteiger partial charge in [0.25, 0.3) is 7.82 Å². The van der Waals surface area contributed by atoms with Crippen molar-refractivity contribution in [3.05, 3.63) is 72.9 Å². The first-order chi connectivity index (χ1) is 26.6. The van der Waals surface area contributed by atoms with Gasteiger partial charge in [-0.05, 0) is 77.0 Å². The molecular weight excluding hydrogens is 709 g/mol. The van der Waals surface area contributed by atoms with Crippen LogP contribution < -0.4 is 4.89 Å². The molecule has 2 unspecified atom stereocenters. The third-order valence-electron chi connectivity index (χ3n) is 8.72. The van der Waals surface area contributed by atoms with Crippen LogP contribution in [0.15, 0.2) is 72.9 Å². The monoisotopic (exact) mass is 792 g/mol. The van der Waals surface area contributed by atoms with Gasteiger partial charge in [-0.1, -0.05) is 145 Å². The summed E-state index contributed by atoms with van der Waals surface area (Å²) < 4.78 is 34.5. The van der Waals surface area contributed by atoms with Crippen molar-refractivity contribution in [3.8, 4) is 0 Å². The van der Waals surface area contributed by atoms with E-state index in [0.717, 1.165) is 96.3 Å². The second-order valence-electron chi connectivity index (χ2n) is 15.3. The third kappa shape index (κ3) is 42.9. The number of ether oxygens (including phenoxy) is 2. The van der Waals surface area contributed by atoms with E-state index >= 15 is 0 Å². The van der Waals surface area contributed by atoms with Gasteiger partial charge < -0.3 is 27.9 Å². The predicted molar refractivity (Wildman–Crippen MR) is 231 cm³/mol. The molecule has 0 aliphatic carbocycles. The van der Waals surface area contributed by atoms with E-state index in [1.807, 2.05) is 21.1 Å². The number of allylic oxidation sites excluding steroid dienone is 12. The molecule has 55 heavy (non-hydrogen) atoms. The van der Waals surface area contributed by atoms with Crippen LogP contribution in [0, 0.1) is 0 Å². The van der Waals surface area contributed by atoms with Crippen LogP contribution in [0.5, 0.6) is 0 Å². The van der Waals surface area contributed by atoms with Gasteiger partial charge in [-0.3, -0.25) is 9.36 Å². The van der Waals surface area contributed by atoms with Crippen molar-refractivity contribution in [3.63, 3.8) is 0 Å². The van der Waals surface area contributed by atoms with Crippen molar-refractivity contribution in [2.75, 3.05) is 54.1 Å². The number of nitrogens with zero attached hydrogens (tertiary/aromatic N) is 1. The Morgan fingerprint density at radius 2 is 1.05 bits per heavy atom. The van der Waals surface area contributed by atoms with Crippen LogP contribution in [-0.4, -0.2) is 70.7 Å². The maximum atomic E-state index is 12.7. The SMILES string of the molecule is CC/C=C\C/C=C\C/C=C\C/C=C\CCCCCCCCC(=O)OC(COCCCCCCCC/C=C\C/C=C\CCC)COP(=O)([O-])OCC[N+](C)(C)C. The topological polar surface area (TPSA) is 94.1 Å². The summed E-state index contributed by atoms with van der Waals surface area (Å²) in [4.78, 5) is 25.0. The molecule has 0 aromatic carbocycles. The van der Waals surface area contributed by atoms with Crippen LogP contribution in [0.3, 0.4) is 0 Å². The molecule has 0 aliphatic heterocycles. The second-order valence-corrected chi connectivity index (χ2v) is 16.7. The minimum absolute atomic E-state index is 0.0170. The summed E-state index contributed by atoms with van der Waals surface area (Å²) in [5, 5.41) is 0. The Morgan fingerprint density at radius 3 is 1.58 bits per heavy atom. The number of esters is 1. The maximum absolute atomic E-state index is 12.7. The molecule has 0 saturated heterocycles. The molecule has 9 heteroatoms. The smallest absolute Gasteiger partial charge is 0.306 e. The van der Waals surface area contributed by atoms with Crippen molar-refractivity contribution in [1.29, 1.82) is 0 Å². The number of phosphoric ester groups is 1. The number of hydrogen-bond donors (Lipinski definition) is 0. The van der Waals surface area contributed by atoms with Gasteiger partial charge in [0.2, 0.25) is 0 Å². The Balaban J connectivity index is 4.29. The highest BCUT2D eigenvalue weighted by molar-refractivity contribution is 7.45. The Hall–Kier alpha value is -2.06. The van der Waals surface area contributed by atoms with Gasteiger partial charge in [0.15, 0.2) is 0 Å². The van der Waals surface area contributed by atoms with Crippen molar-refractivity contribution in [1.82, 2.24) is 0 Å². The van der Waals surface area contributed by atoms with E-state index in [1.54, 1.807) is 0 Å². The molecule has 0 radical (unpaired) electrons. The van der Waals surface area contributed by atoms with Gasteiger partial charge >= 0.3 is 5.97 Å². The molecular formula is C46H82NO7P. The zero-order valence-electron chi connectivity index (χ0n) is 35.8. The molecule has 0 fully saturated rings. The molecule has 0 spiro atoms. The van der Waals surface area contributed by atoms with Gasteiger partial charge in [-0.15, -0.1) is 0 Å². The summed E-state index contributed by atoms with van der Waals surface area (Å²) in [6.07, 6.45) is 49.1. The highest BCUT2D eigenvalue weighted by atomic mass is 31.2. The van der Waals surface area contributed by atoms with E-state index in [1.165, 1.54) is 38.5 Å². The van der Waals surface area contributed by atoms with Crippen LogP contribution >= 0.6 is 7.82 Å². The minimum Gasteiger partial charge on any atom is -0.756 e. The van der Waals surface area contributed by atoms with Crippen molar-refractivity contribution >= 4 is 13.8 Å². The number of phosphoric acid groups is 1. The third-order valence-corrected chi connectivity index (χ3v) is 9.69. The Labute approximate surface area is 338 Å². The first kappa shape index (κ1) is 52.9. The lowest BCUT2D eigenvalue weighted by molar-refractivity contribution is -0.870. The zero-order chi connectivity index (χ0) is 40.6. The Kier molecular flexibility index (Phi) is 37.3. The molecule has 8 nitrogen and oxygen atoms in total. The molecule has 0 aromatic rings. The zero-order valence-corrected chi connectivity index (χ0v) is 36.7. The summed E-state index contributed by atoms with van der Waals surface area (Å²) in [7, 11) is 1.32. The number of quaternary nitrogens is 1. The molecule has 0 bridgehead atoms. The Morgan fingerprint density at radius 1 is 0.582 bits per heavy atom. The molecule has 0 aromatic heterocycles. The predicted octanol–water partition coefficient (Wildman–Crippen LogP) is 12.1. The standard InChI is InChI=1S/C46H82NO7P/c1-6-8-10-12-14-16-18-20-22-23-24-25-26-27-29-31-33-35-37-39-46(48)54-45(44-53-55(49,50)52-42-40-47(3,4)5)43-51-41-38-36-34-32-30-28-21-19-17-15-13-11-9-7-2/h8,10-11,13-14,16-17,19-20,22,24-25,45H,6-7,9,12,15,18,21,23,26-44H2,1-5H3/b10-8-,13-11-,16-14-,19-17-,22-20-,25-24-. The van der Waals surface area contributed by atoms with Gasteiger partial charge in [-0.2, -0.15) is 0 Å². The molecule has 2 atom stereocenters. The normalized spacial score (nSPS) is 14.5. The van der Waals surface area contributed by atoms with E-state index < -0.39 is 13.9 Å². The number of carbonyl (C=O) groups is 1. The molecule has 0 N–H and O–H groups in total. The van der Waals surface area contributed by atoms with Crippen LogP contribution in [0.25, 0.3) is 0 Å². The van der Waals surface area contributed by atoms with Crippen LogP contribution in [0.1, 0.15) is 155 Å². The number of carbonyl (C=O) groups excluding carboxylic acids is 1. The summed E-state index contributed by atoms with van der Waals surface area (Å²) in [6, 6.07) is 0. The lowest BCUT2D eigenvalue weighted by Crippen LogP contribution is -2.37. The molecule has 0 saturated carbocycles. The first-order valence-electron chi connectivity index (χ1n) is 21.7. The van der Waals surface area contributed by atoms with Gasteiger partial charge in [0, 0.05) is 13.0 Å². The summed E-state index contributed by atoms with van der Waals surface area (Å²) in [5.41, 5.74) is 0. The highest BCUT2D eigenvalue weighted by Crippen LogP contribution is 2.38. The second kappa shape index (κ2) is 38.8. The average Bonchev–Trinajstić information content (AvgIpc) is 3.13. The fourth-order valence-corrected chi connectivity index (χ4v) is 6.13. The maximum Gasteiger partial charge on any atom is 0.306 e. The van der Waals surface area contributed by atoms with E-state index in [9.17, 15) is 14.3 Å². The fraction of sp³-hybridized carbons (Fsp3) is 0.717. The summed E-state index contributed by atoms with van der Waals surface area (Å²) >= 11 is 0. The molecule has 0 aliphatic rings. The average molecular weight is 792 g/mol. The summed E-state index contributed by atoms with van der Waals surface area (Å²) in [6.45, 7) is 5.17. The molecule has 0 rings (SSSR count). The first-order valence-corrected chi connectivity index (χ1v) is 23.1. The number of hydrogen-bond acceptors (Lipinski definition) is 7. The van der Waals surface area contributed by atoms with Crippen molar-refractivity contribution < 1.29 is 37.3 Å². The quantitative estimate of drug-likeness (QED) is 0.0201. The fourth-order valence-electron chi connectivity index (χ4n) is 5.40. The number of unbranched alkanes of at least 4 members (excludes halogenated alkanes) is 13. The highest BCUT2D eigenvalue weighted by Gasteiger charge is 2.20. The largest absolute Gasteiger partial charge is 0.756 e. The van der Waals surface area contributed by atoms with Gasteiger partial charge in [-0.25, -0.2) is 0 Å². The van der Waals surface area contributed by atoms with Crippen LogP contribution in [0.4, 0.5) is 0 Å². The van der Waals surface area contributed by atoms with Crippen molar-refractivity contribution in [2.24, 2.45) is 0 Å². The van der Waals surface area contributed by atoms with Gasteiger partial charge in [0.05, 0.1) is 34.4 Å². The van der Waals surface area contributed by atoms with E-state index in [2.05, 4.69) is 86.8 Å².